The van der Waals surface area contributed by atoms with Gasteiger partial charge in [-0.2, -0.15) is 0 Å². The fourth-order valence-electron chi connectivity index (χ4n) is 2.52. The number of rotatable bonds is 6. The van der Waals surface area contributed by atoms with E-state index in [2.05, 4.69) is 20.9 Å². The van der Waals surface area contributed by atoms with E-state index in [0.29, 0.717) is 19.5 Å². The summed E-state index contributed by atoms with van der Waals surface area (Å²) in [5, 5.41) is 0. The molecule has 1 saturated heterocycles. The lowest BCUT2D eigenvalue weighted by Gasteiger charge is -2.34. The zero-order valence-corrected chi connectivity index (χ0v) is 15.4. The first-order chi connectivity index (χ1) is 11.0. The van der Waals surface area contributed by atoms with Crippen molar-refractivity contribution >= 4 is 38.2 Å². The third-order valence-corrected chi connectivity index (χ3v) is 4.41. The minimum atomic E-state index is -0.360. The van der Waals surface area contributed by atoms with Gasteiger partial charge >= 0.3 is 6.03 Å². The minimum Gasteiger partial charge on any atom is -0.353 e. The number of primary amides is 1. The number of halogens is 1. The first kappa shape index (κ1) is 17.9. The van der Waals surface area contributed by atoms with E-state index in [4.69, 9.17) is 5.73 Å². The topological polar surface area (TPSA) is 82.8 Å². The van der Waals surface area contributed by atoms with Gasteiger partial charge in [-0.3, -0.25) is 4.79 Å². The SMILES string of the molecule is CN(CCC(=O)I)Cc1ccc(N2CCN(C(N)=O)CC2)nc1. The number of hydrogen-bond acceptors (Lipinski definition) is 5. The molecule has 2 N–H and O–H groups in total. The molecule has 0 radical (unpaired) electrons. The third kappa shape index (κ3) is 5.61. The zero-order chi connectivity index (χ0) is 16.8. The Bertz CT molecular complexity index is 543. The molecule has 1 fully saturated rings. The molecule has 0 spiro atoms. The average molecular weight is 431 g/mol. The Morgan fingerprint density at radius 3 is 2.52 bits per heavy atom. The highest BCUT2D eigenvalue weighted by Crippen LogP contribution is 2.15. The smallest absolute Gasteiger partial charge is 0.314 e. The number of pyridine rings is 1. The molecule has 0 aromatic carbocycles. The lowest BCUT2D eigenvalue weighted by Crippen LogP contribution is -2.50. The summed E-state index contributed by atoms with van der Waals surface area (Å²) < 4.78 is 0.179. The Labute approximate surface area is 149 Å². The van der Waals surface area contributed by atoms with E-state index >= 15 is 0 Å². The van der Waals surface area contributed by atoms with E-state index in [9.17, 15) is 9.59 Å². The molecule has 0 unspecified atom stereocenters. The molecule has 1 aliphatic heterocycles. The molecule has 1 aromatic heterocycles. The predicted octanol–water partition coefficient (Wildman–Crippen LogP) is 1.07. The number of carbonyl (C=O) groups is 2. The number of nitrogens with zero attached hydrogens (tertiary/aromatic N) is 4. The Morgan fingerprint density at radius 1 is 1.30 bits per heavy atom. The standard InChI is InChI=1S/C15H22IN5O2/c1-19(5-4-13(16)22)11-12-2-3-14(18-10-12)20-6-8-21(9-7-20)15(17)23/h2-3,10H,4-9,11H2,1H3,(H2,17,23). The Hall–Kier alpha value is -1.42. The summed E-state index contributed by atoms with van der Waals surface area (Å²) in [6, 6.07) is 3.71. The van der Waals surface area contributed by atoms with Crippen molar-refractivity contribution in [3.05, 3.63) is 23.9 Å². The van der Waals surface area contributed by atoms with E-state index in [0.717, 1.165) is 37.6 Å². The Kier molecular flexibility index (Phi) is 6.58. The summed E-state index contributed by atoms with van der Waals surface area (Å²) in [4.78, 5) is 32.6. The average Bonchev–Trinajstić information content (AvgIpc) is 2.54. The van der Waals surface area contributed by atoms with Crippen LogP contribution in [-0.4, -0.2) is 64.4 Å². The molecule has 2 heterocycles. The summed E-state index contributed by atoms with van der Waals surface area (Å²) in [5.74, 6) is 0.919. The van der Waals surface area contributed by atoms with Crippen LogP contribution < -0.4 is 10.6 Å². The largest absolute Gasteiger partial charge is 0.353 e. The second-order valence-corrected chi connectivity index (χ2v) is 6.88. The summed E-state index contributed by atoms with van der Waals surface area (Å²) in [7, 11) is 2.00. The van der Waals surface area contributed by atoms with Crippen LogP contribution in [0.2, 0.25) is 0 Å². The van der Waals surface area contributed by atoms with Crippen LogP contribution in [0, 0.1) is 0 Å². The molecule has 7 nitrogen and oxygen atoms in total. The maximum atomic E-state index is 11.1. The zero-order valence-electron chi connectivity index (χ0n) is 13.2. The van der Waals surface area contributed by atoms with E-state index in [1.54, 1.807) is 4.90 Å². The van der Waals surface area contributed by atoms with Crippen molar-refractivity contribution in [3.63, 3.8) is 0 Å². The summed E-state index contributed by atoms with van der Waals surface area (Å²) in [5.41, 5.74) is 6.41. The van der Waals surface area contributed by atoms with Crippen LogP contribution in [0.5, 0.6) is 0 Å². The maximum Gasteiger partial charge on any atom is 0.314 e. The quantitative estimate of drug-likeness (QED) is 0.538. The molecule has 0 bridgehead atoms. The molecule has 0 saturated carbocycles. The van der Waals surface area contributed by atoms with Gasteiger partial charge < -0.3 is 20.4 Å². The van der Waals surface area contributed by atoms with Crippen molar-refractivity contribution in [1.82, 2.24) is 14.8 Å². The van der Waals surface area contributed by atoms with Gasteiger partial charge in [-0.1, -0.05) is 6.07 Å². The molecule has 126 valence electrons. The summed E-state index contributed by atoms with van der Waals surface area (Å²) in [6.45, 7) is 4.27. The van der Waals surface area contributed by atoms with Crippen molar-refractivity contribution in [2.45, 2.75) is 13.0 Å². The van der Waals surface area contributed by atoms with Crippen LogP contribution in [0.3, 0.4) is 0 Å². The first-order valence-corrected chi connectivity index (χ1v) is 8.64. The first-order valence-electron chi connectivity index (χ1n) is 7.57. The predicted molar refractivity (Wildman–Crippen MR) is 97.6 cm³/mol. The molecule has 2 rings (SSSR count). The summed E-state index contributed by atoms with van der Waals surface area (Å²) >= 11 is 1.83. The van der Waals surface area contributed by atoms with Gasteiger partial charge in [-0.15, -0.1) is 0 Å². The second-order valence-electron chi connectivity index (χ2n) is 5.68. The van der Waals surface area contributed by atoms with Crippen LogP contribution in [0.1, 0.15) is 12.0 Å². The van der Waals surface area contributed by atoms with Crippen molar-refractivity contribution in [1.29, 1.82) is 0 Å². The highest BCUT2D eigenvalue weighted by Gasteiger charge is 2.19. The van der Waals surface area contributed by atoms with Crippen molar-refractivity contribution in [2.75, 3.05) is 44.7 Å². The van der Waals surface area contributed by atoms with Crippen LogP contribution in [-0.2, 0) is 11.3 Å². The van der Waals surface area contributed by atoms with E-state index in [1.807, 2.05) is 41.9 Å². The number of amides is 2. The summed E-state index contributed by atoms with van der Waals surface area (Å²) in [6.07, 6.45) is 2.44. The molecule has 0 atom stereocenters. The number of hydrogen-bond donors (Lipinski definition) is 1. The Morgan fingerprint density at radius 2 is 2.00 bits per heavy atom. The monoisotopic (exact) mass is 431 g/mol. The highest BCUT2D eigenvalue weighted by molar-refractivity contribution is 14.1. The number of anilines is 1. The van der Waals surface area contributed by atoms with Gasteiger partial charge in [-0.05, 0) is 41.3 Å². The fraction of sp³-hybridized carbons (Fsp3) is 0.533. The van der Waals surface area contributed by atoms with Gasteiger partial charge in [0.1, 0.15) is 5.82 Å². The number of nitrogens with two attached hydrogens (primary N) is 1. The lowest BCUT2D eigenvalue weighted by atomic mass is 10.2. The number of urea groups is 1. The van der Waals surface area contributed by atoms with Gasteiger partial charge in [0.15, 0.2) is 3.79 Å². The molecular formula is C15H22IN5O2. The molecular weight excluding hydrogens is 409 g/mol. The van der Waals surface area contributed by atoms with Crippen LogP contribution >= 0.6 is 22.6 Å². The molecule has 1 aliphatic rings. The highest BCUT2D eigenvalue weighted by atomic mass is 127. The van der Waals surface area contributed by atoms with Crippen molar-refractivity contribution in [2.24, 2.45) is 5.73 Å². The number of aromatic nitrogens is 1. The molecule has 0 aliphatic carbocycles. The van der Waals surface area contributed by atoms with E-state index in [1.165, 1.54) is 0 Å². The third-order valence-electron chi connectivity index (χ3n) is 3.87. The maximum absolute atomic E-state index is 11.1. The molecule has 23 heavy (non-hydrogen) atoms. The van der Waals surface area contributed by atoms with Gasteiger partial charge in [0.25, 0.3) is 0 Å². The van der Waals surface area contributed by atoms with Crippen LogP contribution in [0.25, 0.3) is 0 Å². The number of piperazine rings is 1. The van der Waals surface area contributed by atoms with Crippen molar-refractivity contribution in [3.8, 4) is 0 Å². The second kappa shape index (κ2) is 8.44. The number of carbonyl (C=O) groups excluding carboxylic acids is 2. The molecule has 1 aromatic rings. The van der Waals surface area contributed by atoms with Gasteiger partial charge in [0, 0.05) is 51.9 Å². The normalized spacial score (nSPS) is 15.1. The molecule has 8 heteroatoms. The van der Waals surface area contributed by atoms with E-state index < -0.39 is 0 Å². The Balaban J connectivity index is 1.85. The van der Waals surface area contributed by atoms with Gasteiger partial charge in [0.2, 0.25) is 0 Å². The fourth-order valence-corrected chi connectivity index (χ4v) is 2.76. The van der Waals surface area contributed by atoms with Crippen LogP contribution in [0.4, 0.5) is 10.6 Å². The van der Waals surface area contributed by atoms with Gasteiger partial charge in [-0.25, -0.2) is 9.78 Å². The van der Waals surface area contributed by atoms with Crippen molar-refractivity contribution < 1.29 is 9.59 Å². The molecule has 2 amide bonds. The van der Waals surface area contributed by atoms with Gasteiger partial charge in [0.05, 0.1) is 0 Å². The van der Waals surface area contributed by atoms with Crippen LogP contribution in [0.15, 0.2) is 18.3 Å². The minimum absolute atomic E-state index is 0.179. The lowest BCUT2D eigenvalue weighted by molar-refractivity contribution is -0.109. The van der Waals surface area contributed by atoms with E-state index in [-0.39, 0.29) is 9.82 Å².